The highest BCUT2D eigenvalue weighted by atomic mass is 79.9. The number of rotatable bonds is 8. The second kappa shape index (κ2) is 8.12. The van der Waals surface area contributed by atoms with Gasteiger partial charge in [-0.2, -0.15) is 0 Å². The Labute approximate surface area is 130 Å². The summed E-state index contributed by atoms with van der Waals surface area (Å²) in [5.74, 6) is 0. The summed E-state index contributed by atoms with van der Waals surface area (Å²) in [5, 5.41) is 3.30. The van der Waals surface area contributed by atoms with Crippen LogP contribution in [0.2, 0.25) is 0 Å². The van der Waals surface area contributed by atoms with Crippen LogP contribution < -0.4 is 5.32 Å². The van der Waals surface area contributed by atoms with Gasteiger partial charge in [0.2, 0.25) is 10.0 Å². The molecular formula is C14H23BrN2O2S. The van der Waals surface area contributed by atoms with Gasteiger partial charge in [0.25, 0.3) is 0 Å². The van der Waals surface area contributed by atoms with Crippen LogP contribution in [0.15, 0.2) is 27.6 Å². The predicted octanol–water partition coefficient (Wildman–Crippen LogP) is 2.98. The van der Waals surface area contributed by atoms with Crippen molar-refractivity contribution in [1.29, 1.82) is 0 Å². The molecule has 0 radical (unpaired) electrons. The summed E-state index contributed by atoms with van der Waals surface area (Å²) in [6.45, 7) is 6.30. The lowest BCUT2D eigenvalue weighted by molar-refractivity contribution is 0.468. The van der Waals surface area contributed by atoms with E-state index in [-0.39, 0.29) is 0 Å². The van der Waals surface area contributed by atoms with Gasteiger partial charge in [-0.15, -0.1) is 0 Å². The quantitative estimate of drug-likeness (QED) is 0.723. The molecule has 0 amide bonds. The van der Waals surface area contributed by atoms with Gasteiger partial charge in [0, 0.05) is 24.6 Å². The number of sulfonamides is 1. The van der Waals surface area contributed by atoms with Crippen molar-refractivity contribution >= 4 is 26.0 Å². The number of hydrogen-bond acceptors (Lipinski definition) is 3. The fourth-order valence-electron chi connectivity index (χ4n) is 1.88. The molecule has 0 aliphatic heterocycles. The molecule has 0 fully saturated rings. The van der Waals surface area contributed by atoms with E-state index in [4.69, 9.17) is 0 Å². The number of halogens is 1. The number of hydrogen-bond donors (Lipinski definition) is 1. The van der Waals surface area contributed by atoms with Crippen molar-refractivity contribution in [3.63, 3.8) is 0 Å². The van der Waals surface area contributed by atoms with Gasteiger partial charge in [0.1, 0.15) is 0 Å². The zero-order chi connectivity index (χ0) is 15.2. The minimum atomic E-state index is -3.41. The first kappa shape index (κ1) is 17.6. The molecule has 0 aromatic heterocycles. The van der Waals surface area contributed by atoms with E-state index in [1.54, 1.807) is 13.1 Å². The molecule has 0 heterocycles. The van der Waals surface area contributed by atoms with Crippen LogP contribution in [-0.4, -0.2) is 32.9 Å². The van der Waals surface area contributed by atoms with Crippen LogP contribution in [0.4, 0.5) is 0 Å². The van der Waals surface area contributed by atoms with Gasteiger partial charge in [0.05, 0.1) is 4.90 Å². The Morgan fingerprint density at radius 1 is 1.25 bits per heavy atom. The van der Waals surface area contributed by atoms with E-state index in [1.165, 1.54) is 4.31 Å². The molecule has 1 aromatic rings. The third-order valence-electron chi connectivity index (χ3n) is 2.98. The SMILES string of the molecule is CCCNCc1ccc(S(=O)(=O)N(C)CCC)c(Br)c1. The standard InChI is InChI=1S/C14H23BrN2O2S/c1-4-8-16-11-12-6-7-14(13(15)10-12)20(18,19)17(3)9-5-2/h6-7,10,16H,4-5,8-9,11H2,1-3H3. The molecule has 0 bridgehead atoms. The maximum absolute atomic E-state index is 12.4. The zero-order valence-corrected chi connectivity index (χ0v) is 14.7. The Morgan fingerprint density at radius 2 is 1.95 bits per heavy atom. The number of nitrogens with one attached hydrogen (secondary N) is 1. The lowest BCUT2D eigenvalue weighted by Gasteiger charge is -2.17. The molecule has 0 aliphatic carbocycles. The Balaban J connectivity index is 2.92. The van der Waals surface area contributed by atoms with Gasteiger partial charge in [-0.05, 0) is 53.0 Å². The monoisotopic (exact) mass is 362 g/mol. The van der Waals surface area contributed by atoms with Crippen LogP contribution in [0.5, 0.6) is 0 Å². The molecule has 0 atom stereocenters. The van der Waals surface area contributed by atoms with E-state index in [0.717, 1.165) is 31.5 Å². The summed E-state index contributed by atoms with van der Waals surface area (Å²) in [4.78, 5) is 0.327. The Morgan fingerprint density at radius 3 is 2.50 bits per heavy atom. The van der Waals surface area contributed by atoms with Crippen molar-refractivity contribution in [1.82, 2.24) is 9.62 Å². The van der Waals surface area contributed by atoms with Crippen LogP contribution in [0.3, 0.4) is 0 Å². The van der Waals surface area contributed by atoms with Crippen LogP contribution in [0, 0.1) is 0 Å². The van der Waals surface area contributed by atoms with Gasteiger partial charge in [-0.25, -0.2) is 12.7 Å². The molecule has 0 unspecified atom stereocenters. The molecular weight excluding hydrogens is 340 g/mol. The first-order valence-corrected chi connectivity index (χ1v) is 9.12. The van der Waals surface area contributed by atoms with Crippen molar-refractivity contribution in [2.75, 3.05) is 20.1 Å². The summed E-state index contributed by atoms with van der Waals surface area (Å²) >= 11 is 3.38. The molecule has 1 N–H and O–H groups in total. The Kier molecular flexibility index (Phi) is 7.15. The predicted molar refractivity (Wildman–Crippen MR) is 86.2 cm³/mol. The van der Waals surface area contributed by atoms with Gasteiger partial charge in [-0.1, -0.05) is 19.9 Å². The third-order valence-corrected chi connectivity index (χ3v) is 5.81. The third kappa shape index (κ3) is 4.55. The molecule has 20 heavy (non-hydrogen) atoms. The molecule has 0 saturated carbocycles. The lowest BCUT2D eigenvalue weighted by atomic mass is 10.2. The van der Waals surface area contributed by atoms with Crippen molar-refractivity contribution in [2.24, 2.45) is 0 Å². The van der Waals surface area contributed by atoms with Crippen LogP contribution in [-0.2, 0) is 16.6 Å². The molecule has 1 rings (SSSR count). The van der Waals surface area contributed by atoms with E-state index < -0.39 is 10.0 Å². The lowest BCUT2D eigenvalue weighted by Crippen LogP contribution is -2.28. The highest BCUT2D eigenvalue weighted by Crippen LogP contribution is 2.25. The molecule has 114 valence electrons. The molecule has 1 aromatic carbocycles. The van der Waals surface area contributed by atoms with Crippen LogP contribution in [0.1, 0.15) is 32.3 Å². The van der Waals surface area contributed by atoms with E-state index >= 15 is 0 Å². The molecule has 6 heteroatoms. The topological polar surface area (TPSA) is 49.4 Å². The summed E-state index contributed by atoms with van der Waals surface area (Å²) in [6.07, 6.45) is 1.88. The molecule has 0 aliphatic rings. The highest BCUT2D eigenvalue weighted by Gasteiger charge is 2.22. The number of benzene rings is 1. The van der Waals surface area contributed by atoms with E-state index in [2.05, 4.69) is 28.2 Å². The summed E-state index contributed by atoms with van der Waals surface area (Å²) in [6, 6.07) is 5.41. The van der Waals surface area contributed by atoms with Crippen molar-refractivity contribution in [3.8, 4) is 0 Å². The van der Waals surface area contributed by atoms with E-state index in [1.807, 2.05) is 19.1 Å². The average Bonchev–Trinajstić information content (AvgIpc) is 2.39. The summed E-state index contributed by atoms with van der Waals surface area (Å²) < 4.78 is 26.8. The minimum absolute atomic E-state index is 0.327. The highest BCUT2D eigenvalue weighted by molar-refractivity contribution is 9.10. The number of nitrogens with zero attached hydrogens (tertiary/aromatic N) is 1. The Hall–Kier alpha value is -0.430. The minimum Gasteiger partial charge on any atom is -0.313 e. The molecule has 0 saturated heterocycles. The van der Waals surface area contributed by atoms with Crippen molar-refractivity contribution in [2.45, 2.75) is 38.1 Å². The first-order valence-electron chi connectivity index (χ1n) is 6.89. The van der Waals surface area contributed by atoms with Gasteiger partial charge >= 0.3 is 0 Å². The normalized spacial score (nSPS) is 12.1. The van der Waals surface area contributed by atoms with Crippen LogP contribution in [0.25, 0.3) is 0 Å². The second-order valence-electron chi connectivity index (χ2n) is 4.77. The maximum atomic E-state index is 12.4. The van der Waals surface area contributed by atoms with Crippen LogP contribution >= 0.6 is 15.9 Å². The summed E-state index contributed by atoms with van der Waals surface area (Å²) in [5.41, 5.74) is 1.07. The van der Waals surface area contributed by atoms with Gasteiger partial charge in [0.15, 0.2) is 0 Å². The molecule has 0 spiro atoms. The Bertz CT molecular complexity index is 532. The fourth-order valence-corrected chi connectivity index (χ4v) is 4.22. The van der Waals surface area contributed by atoms with E-state index in [0.29, 0.717) is 15.9 Å². The zero-order valence-electron chi connectivity index (χ0n) is 12.3. The van der Waals surface area contributed by atoms with Gasteiger partial charge < -0.3 is 5.32 Å². The van der Waals surface area contributed by atoms with E-state index in [9.17, 15) is 8.42 Å². The van der Waals surface area contributed by atoms with Crippen molar-refractivity contribution < 1.29 is 8.42 Å². The van der Waals surface area contributed by atoms with Crippen molar-refractivity contribution in [3.05, 3.63) is 28.2 Å². The summed E-state index contributed by atoms with van der Waals surface area (Å²) in [7, 11) is -1.79. The largest absolute Gasteiger partial charge is 0.313 e. The second-order valence-corrected chi connectivity index (χ2v) is 7.64. The maximum Gasteiger partial charge on any atom is 0.243 e. The smallest absolute Gasteiger partial charge is 0.243 e. The first-order chi connectivity index (χ1) is 9.43. The molecule has 4 nitrogen and oxygen atoms in total. The average molecular weight is 363 g/mol. The van der Waals surface area contributed by atoms with Gasteiger partial charge in [-0.3, -0.25) is 0 Å². The fraction of sp³-hybridized carbons (Fsp3) is 0.571.